The third-order valence-corrected chi connectivity index (χ3v) is 28.0. The van der Waals surface area contributed by atoms with Crippen molar-refractivity contribution in [2.24, 2.45) is 0 Å². The van der Waals surface area contributed by atoms with Gasteiger partial charge in [-0.05, 0) is 192 Å². The van der Waals surface area contributed by atoms with Gasteiger partial charge in [0.05, 0.1) is 93.7 Å². The minimum Gasteiger partial charge on any atom is -0.309 e. The van der Waals surface area contributed by atoms with Crippen LogP contribution in [-0.2, 0) is 5.41 Å². The summed E-state index contributed by atoms with van der Waals surface area (Å²) >= 11 is 0. The molecule has 28 rings (SSSR count). The SMILES string of the molecule is c1ccc2c(c1)c1ccccc1n2-c1cc(-n2c3ccccc3c3ccccc32)cc(C(c2cc(-n3c4ccccc4c4ccccc43)cc(-n3c4ccccc4c4ccccc43)c2)(c2cc(-n3c4ccccc4c4ccccc43)cc(-n3c4ccccc4c4ccccc43)c2)c2cc(-n3c4ccccc4c4ccccc43)cc(-n3c4ccccc4c4ccccc43)c2)c1. The van der Waals surface area contributed by atoms with Crippen LogP contribution in [0, 0.1) is 0 Å². The predicted molar refractivity (Wildman–Crippen MR) is 539 cm³/mol. The van der Waals surface area contributed by atoms with E-state index in [-0.39, 0.29) is 0 Å². The molecule has 28 aromatic rings. The van der Waals surface area contributed by atoms with Crippen molar-refractivity contribution < 1.29 is 0 Å². The van der Waals surface area contributed by atoms with Gasteiger partial charge in [-0.1, -0.05) is 291 Å². The summed E-state index contributed by atoms with van der Waals surface area (Å²) in [6.45, 7) is 0. The first-order valence-corrected chi connectivity index (χ1v) is 44.5. The highest BCUT2D eigenvalue weighted by molar-refractivity contribution is 6.17. The molecule has 0 atom stereocenters. The largest absolute Gasteiger partial charge is 0.309 e. The van der Waals surface area contributed by atoms with E-state index in [1.165, 1.54) is 86.2 Å². The minimum atomic E-state index is -1.49. The van der Waals surface area contributed by atoms with E-state index in [2.05, 4.69) is 498 Å². The Labute approximate surface area is 740 Å². The zero-order valence-corrected chi connectivity index (χ0v) is 70.0. The number of para-hydroxylation sites is 16. The van der Waals surface area contributed by atoms with Gasteiger partial charge in [0, 0.05) is 132 Å². The zero-order valence-electron chi connectivity index (χ0n) is 70.0. The number of rotatable bonds is 12. The molecule has 8 aromatic heterocycles. The Morgan fingerprint density at radius 2 is 0.186 bits per heavy atom. The van der Waals surface area contributed by atoms with E-state index in [9.17, 15) is 0 Å². The van der Waals surface area contributed by atoms with Crippen LogP contribution in [0.5, 0.6) is 0 Å². The second-order valence-electron chi connectivity index (χ2n) is 34.7. The van der Waals surface area contributed by atoms with Crippen LogP contribution < -0.4 is 0 Å². The third-order valence-electron chi connectivity index (χ3n) is 28.0. The molecule has 0 saturated carbocycles. The lowest BCUT2D eigenvalue weighted by molar-refractivity contribution is 0.737. The van der Waals surface area contributed by atoms with Crippen LogP contribution in [0.2, 0.25) is 0 Å². The van der Waals surface area contributed by atoms with Gasteiger partial charge in [0.1, 0.15) is 0 Å². The molecule has 600 valence electrons. The molecule has 0 fully saturated rings. The summed E-state index contributed by atoms with van der Waals surface area (Å²) < 4.78 is 20.5. The van der Waals surface area contributed by atoms with Crippen LogP contribution in [0.3, 0.4) is 0 Å². The smallest absolute Gasteiger partial charge is 0.0707 e. The third kappa shape index (κ3) is 10.2. The molecule has 129 heavy (non-hydrogen) atoms. The molecule has 0 N–H and O–H groups in total. The van der Waals surface area contributed by atoms with Crippen molar-refractivity contribution >= 4 is 174 Å². The summed E-state index contributed by atoms with van der Waals surface area (Å²) in [6.07, 6.45) is 0. The van der Waals surface area contributed by atoms with Gasteiger partial charge in [-0.25, -0.2) is 0 Å². The van der Waals surface area contributed by atoms with Crippen LogP contribution in [0.15, 0.2) is 461 Å². The van der Waals surface area contributed by atoms with E-state index in [1.54, 1.807) is 0 Å². The van der Waals surface area contributed by atoms with Gasteiger partial charge in [-0.3, -0.25) is 0 Å². The first-order valence-electron chi connectivity index (χ1n) is 44.5. The predicted octanol–water partition coefficient (Wildman–Crippen LogP) is 30.8. The molecule has 0 aliphatic rings. The van der Waals surface area contributed by atoms with Crippen molar-refractivity contribution in [3.63, 3.8) is 0 Å². The van der Waals surface area contributed by atoms with Gasteiger partial charge in [-0.15, -0.1) is 0 Å². The number of aromatic nitrogens is 8. The molecule has 8 nitrogen and oxygen atoms in total. The fourth-order valence-corrected chi connectivity index (χ4v) is 22.9. The zero-order chi connectivity index (χ0) is 84.3. The number of benzene rings is 20. The normalized spacial score (nSPS) is 12.3. The Hall–Kier alpha value is -17.2. The molecule has 20 aromatic carbocycles. The molecule has 0 spiro atoms. The van der Waals surface area contributed by atoms with E-state index in [1.807, 2.05) is 0 Å². The fourth-order valence-electron chi connectivity index (χ4n) is 22.9. The lowest BCUT2D eigenvalue weighted by Crippen LogP contribution is -2.33. The Morgan fingerprint density at radius 1 is 0.101 bits per heavy atom. The molecule has 0 amide bonds. The molecule has 0 aliphatic carbocycles. The van der Waals surface area contributed by atoms with Crippen LogP contribution in [0.4, 0.5) is 0 Å². The summed E-state index contributed by atoms with van der Waals surface area (Å²) in [5.41, 5.74) is 28.1. The highest BCUT2D eigenvalue weighted by atomic mass is 15.1. The quantitative estimate of drug-likeness (QED) is 0.109. The van der Waals surface area contributed by atoms with Crippen molar-refractivity contribution in [3.8, 4) is 45.5 Å². The van der Waals surface area contributed by atoms with Gasteiger partial charge < -0.3 is 36.5 Å². The molecular formula is C121H76N8. The Bertz CT molecular complexity index is 7570. The average Bonchev–Trinajstić information content (AvgIpc) is 1.67. The first kappa shape index (κ1) is 71.2. The van der Waals surface area contributed by atoms with Crippen LogP contribution in [0.1, 0.15) is 22.3 Å². The van der Waals surface area contributed by atoms with Gasteiger partial charge in [0.2, 0.25) is 0 Å². The summed E-state index contributed by atoms with van der Waals surface area (Å²) in [5, 5.41) is 18.7. The first-order chi connectivity index (χ1) is 64.0. The van der Waals surface area contributed by atoms with E-state index < -0.39 is 5.41 Å². The molecule has 0 saturated heterocycles. The number of hydrogen-bond acceptors (Lipinski definition) is 0. The maximum absolute atomic E-state index is 2.60. The van der Waals surface area contributed by atoms with Gasteiger partial charge >= 0.3 is 0 Å². The molecular weight excluding hydrogens is 1570 g/mol. The van der Waals surface area contributed by atoms with Gasteiger partial charge in [-0.2, -0.15) is 0 Å². The number of nitrogens with zero attached hydrogens (tertiary/aromatic N) is 8. The molecule has 0 bridgehead atoms. The summed E-state index contributed by atoms with van der Waals surface area (Å²) in [6, 6.07) is 175. The lowest BCUT2D eigenvalue weighted by Gasteiger charge is -2.39. The Balaban J connectivity index is 0.921. The Kier molecular flexibility index (Phi) is 15.1. The van der Waals surface area contributed by atoms with Crippen molar-refractivity contribution in [1.29, 1.82) is 0 Å². The molecule has 0 aliphatic heterocycles. The number of fused-ring (bicyclic) bond motifs is 24. The van der Waals surface area contributed by atoms with Gasteiger partial charge in [0.15, 0.2) is 0 Å². The minimum absolute atomic E-state index is 0.995. The van der Waals surface area contributed by atoms with E-state index in [4.69, 9.17) is 0 Å². The molecule has 0 unspecified atom stereocenters. The van der Waals surface area contributed by atoms with Crippen LogP contribution in [0.25, 0.3) is 220 Å². The second kappa shape index (κ2) is 27.4. The summed E-state index contributed by atoms with van der Waals surface area (Å²) in [4.78, 5) is 0. The molecule has 8 heterocycles. The monoisotopic (exact) mass is 1640 g/mol. The highest BCUT2D eigenvalue weighted by Crippen LogP contribution is 2.54. The average molecular weight is 1640 g/mol. The van der Waals surface area contributed by atoms with E-state index in [0.29, 0.717) is 0 Å². The molecule has 8 heteroatoms. The Morgan fingerprint density at radius 3 is 0.279 bits per heavy atom. The van der Waals surface area contributed by atoms with Crippen LogP contribution in [-0.4, -0.2) is 36.5 Å². The van der Waals surface area contributed by atoms with E-state index >= 15 is 0 Å². The lowest BCUT2D eigenvalue weighted by atomic mass is 9.64. The standard InChI is InChI=1S/C121H76N8/c1-17-49-105-89(33-1)90-34-2-18-50-106(90)122(105)81-65-77(66-82(73-81)123-107-51-19-3-35-91(107)92-36-4-20-52-108(92)123)121(78-67-83(124-109-53-21-5-37-93(109)94-38-6-22-54-110(94)124)74-84(68-78)125-111-55-23-7-39-95(111)96-40-8-24-56-112(96)125,79-69-85(126-113-57-25-9-41-97(113)98-42-10-26-58-114(98)126)75-86(70-79)127-115-59-27-11-43-99(115)100-44-12-28-60-116(100)127)80-71-87(128-117-61-29-13-45-101(117)102-46-14-30-62-118(102)128)76-88(72-80)129-119-63-31-15-47-103(119)104-48-16-32-64-120(104)129/h1-76H. The maximum atomic E-state index is 2.60. The topological polar surface area (TPSA) is 39.4 Å². The number of hydrogen-bond donors (Lipinski definition) is 0. The second-order valence-corrected chi connectivity index (χ2v) is 34.7. The van der Waals surface area contributed by atoms with Crippen molar-refractivity contribution in [1.82, 2.24) is 36.5 Å². The van der Waals surface area contributed by atoms with Crippen molar-refractivity contribution in [2.45, 2.75) is 5.41 Å². The van der Waals surface area contributed by atoms with E-state index in [0.717, 1.165) is 156 Å². The summed E-state index contributed by atoms with van der Waals surface area (Å²) in [7, 11) is 0. The summed E-state index contributed by atoms with van der Waals surface area (Å²) in [5.74, 6) is 0. The van der Waals surface area contributed by atoms with Crippen molar-refractivity contribution in [3.05, 3.63) is 483 Å². The van der Waals surface area contributed by atoms with Gasteiger partial charge in [0.25, 0.3) is 0 Å². The maximum Gasteiger partial charge on any atom is 0.0707 e. The van der Waals surface area contributed by atoms with Crippen molar-refractivity contribution in [2.75, 3.05) is 0 Å². The highest BCUT2D eigenvalue weighted by Gasteiger charge is 2.43. The molecule has 0 radical (unpaired) electrons. The fraction of sp³-hybridized carbons (Fsp3) is 0.00826. The van der Waals surface area contributed by atoms with Crippen LogP contribution >= 0.6 is 0 Å².